The molecule has 4 atom stereocenters. The molecule has 0 spiro atoms. The molecule has 96 valence electrons. The van der Waals surface area contributed by atoms with Crippen LogP contribution in [0.15, 0.2) is 0 Å². The summed E-state index contributed by atoms with van der Waals surface area (Å²) in [6, 6.07) is 0. The van der Waals surface area contributed by atoms with Crippen LogP contribution in [-0.4, -0.2) is 30.4 Å². The smallest absolute Gasteiger partial charge is 0.304 e. The van der Waals surface area contributed by atoms with Crippen molar-refractivity contribution >= 4 is 69.7 Å². The molecule has 0 rings (SSSR count). The van der Waals surface area contributed by atoms with E-state index in [-0.39, 0.29) is 20.9 Å². The molecule has 0 radical (unpaired) electrons. The SMILES string of the molecule is CCCCC(Br)C(Br)C(Br)C(Br)CC(=O)O. The molecule has 0 aromatic heterocycles. The largest absolute Gasteiger partial charge is 0.481 e. The molecule has 0 aliphatic rings. The number of aliphatic carboxylic acids is 1. The second-order valence-electron chi connectivity index (χ2n) is 3.66. The van der Waals surface area contributed by atoms with Gasteiger partial charge in [-0.15, -0.1) is 0 Å². The lowest BCUT2D eigenvalue weighted by atomic mass is 10.1. The number of carboxylic acid groups (broad SMARTS) is 1. The zero-order valence-corrected chi connectivity index (χ0v) is 15.3. The molecule has 0 aromatic rings. The quantitative estimate of drug-likeness (QED) is 0.504. The van der Waals surface area contributed by atoms with E-state index in [9.17, 15) is 4.79 Å². The molecule has 0 aliphatic carbocycles. The van der Waals surface area contributed by atoms with Crippen molar-refractivity contribution in [1.82, 2.24) is 0 Å². The summed E-state index contributed by atoms with van der Waals surface area (Å²) in [6.07, 6.45) is 3.54. The Balaban J connectivity index is 4.13. The number of carboxylic acids is 1. The summed E-state index contributed by atoms with van der Waals surface area (Å²) in [4.78, 5) is 11.2. The number of halogens is 4. The van der Waals surface area contributed by atoms with Gasteiger partial charge >= 0.3 is 5.97 Å². The Hall–Kier alpha value is 1.39. The summed E-state index contributed by atoms with van der Waals surface area (Å²) >= 11 is 14.2. The van der Waals surface area contributed by atoms with E-state index in [1.54, 1.807) is 0 Å². The molecule has 16 heavy (non-hydrogen) atoms. The Morgan fingerprint density at radius 3 is 2.06 bits per heavy atom. The highest BCUT2D eigenvalue weighted by Crippen LogP contribution is 2.32. The van der Waals surface area contributed by atoms with Gasteiger partial charge in [0.1, 0.15) is 0 Å². The van der Waals surface area contributed by atoms with Crippen LogP contribution in [0.2, 0.25) is 0 Å². The molecule has 2 nitrogen and oxygen atoms in total. The van der Waals surface area contributed by atoms with E-state index < -0.39 is 5.97 Å². The van der Waals surface area contributed by atoms with Crippen molar-refractivity contribution in [3.05, 3.63) is 0 Å². The van der Waals surface area contributed by atoms with Crippen LogP contribution in [-0.2, 0) is 4.79 Å². The summed E-state index contributed by atoms with van der Waals surface area (Å²) in [5, 5.41) is 8.72. The maximum atomic E-state index is 10.6. The Morgan fingerprint density at radius 2 is 1.62 bits per heavy atom. The van der Waals surface area contributed by atoms with Crippen molar-refractivity contribution in [3.63, 3.8) is 0 Å². The van der Waals surface area contributed by atoms with Crippen LogP contribution in [0, 0.1) is 0 Å². The zero-order valence-electron chi connectivity index (χ0n) is 9.01. The van der Waals surface area contributed by atoms with Gasteiger partial charge in [0.2, 0.25) is 0 Å². The summed E-state index contributed by atoms with van der Waals surface area (Å²) in [5.41, 5.74) is 0. The minimum atomic E-state index is -0.786. The fourth-order valence-electron chi connectivity index (χ4n) is 1.24. The summed E-state index contributed by atoms with van der Waals surface area (Å²) in [6.45, 7) is 2.16. The topological polar surface area (TPSA) is 37.3 Å². The molecular weight excluding hydrogens is 472 g/mol. The van der Waals surface area contributed by atoms with Crippen LogP contribution >= 0.6 is 63.7 Å². The van der Waals surface area contributed by atoms with E-state index in [4.69, 9.17) is 5.11 Å². The third kappa shape index (κ3) is 6.97. The molecule has 0 saturated carbocycles. The molecule has 6 heteroatoms. The van der Waals surface area contributed by atoms with E-state index in [0.717, 1.165) is 6.42 Å². The fourth-order valence-corrected chi connectivity index (χ4v) is 4.50. The first-order chi connectivity index (χ1) is 7.40. The molecule has 0 amide bonds. The number of carbonyl (C=O) groups is 1. The van der Waals surface area contributed by atoms with Gasteiger partial charge in [-0.25, -0.2) is 0 Å². The molecule has 1 N–H and O–H groups in total. The summed E-state index contributed by atoms with van der Waals surface area (Å²) < 4.78 is 0. The van der Waals surface area contributed by atoms with E-state index in [1.807, 2.05) is 0 Å². The summed E-state index contributed by atoms with van der Waals surface area (Å²) in [5.74, 6) is -0.786. The monoisotopic (exact) mass is 484 g/mol. The Bertz CT molecular complexity index is 213. The normalized spacial score (nSPS) is 18.8. The van der Waals surface area contributed by atoms with Crippen molar-refractivity contribution in [2.75, 3.05) is 0 Å². The highest BCUT2D eigenvalue weighted by Gasteiger charge is 2.29. The van der Waals surface area contributed by atoms with Gasteiger partial charge in [0.05, 0.1) is 6.42 Å². The maximum Gasteiger partial charge on any atom is 0.304 e. The Labute approximate surface area is 130 Å². The van der Waals surface area contributed by atoms with Gasteiger partial charge in [0.25, 0.3) is 0 Å². The summed E-state index contributed by atoms with van der Waals surface area (Å²) in [7, 11) is 0. The second kappa shape index (κ2) is 9.34. The molecule has 0 aliphatic heterocycles. The number of hydrogen-bond donors (Lipinski definition) is 1. The second-order valence-corrected chi connectivity index (χ2v) is 8.13. The van der Waals surface area contributed by atoms with Gasteiger partial charge in [-0.1, -0.05) is 83.5 Å². The number of alkyl halides is 4. The van der Waals surface area contributed by atoms with Crippen LogP contribution in [0.3, 0.4) is 0 Å². The van der Waals surface area contributed by atoms with Crippen molar-refractivity contribution in [1.29, 1.82) is 0 Å². The van der Waals surface area contributed by atoms with E-state index >= 15 is 0 Å². The first-order valence-corrected chi connectivity index (χ1v) is 8.84. The van der Waals surface area contributed by atoms with Crippen molar-refractivity contribution in [3.8, 4) is 0 Å². The maximum absolute atomic E-state index is 10.6. The third-order valence-corrected chi connectivity index (χ3v) is 8.66. The third-order valence-electron chi connectivity index (χ3n) is 2.20. The van der Waals surface area contributed by atoms with Crippen LogP contribution in [0.4, 0.5) is 0 Å². The van der Waals surface area contributed by atoms with Crippen molar-refractivity contribution in [2.24, 2.45) is 0 Å². The lowest BCUT2D eigenvalue weighted by molar-refractivity contribution is -0.136. The number of hydrogen-bond acceptors (Lipinski definition) is 1. The highest BCUT2D eigenvalue weighted by molar-refractivity contribution is 9.14. The van der Waals surface area contributed by atoms with Crippen LogP contribution in [0.1, 0.15) is 32.6 Å². The average molecular weight is 488 g/mol. The number of rotatable bonds is 8. The molecule has 0 fully saturated rings. The van der Waals surface area contributed by atoms with Gasteiger partial charge in [-0.3, -0.25) is 4.79 Å². The van der Waals surface area contributed by atoms with Gasteiger partial charge < -0.3 is 5.11 Å². The first-order valence-electron chi connectivity index (χ1n) is 5.18. The molecule has 4 unspecified atom stereocenters. The molecule has 0 heterocycles. The van der Waals surface area contributed by atoms with Crippen molar-refractivity contribution in [2.45, 2.75) is 51.9 Å². The van der Waals surface area contributed by atoms with Crippen molar-refractivity contribution < 1.29 is 9.90 Å². The zero-order chi connectivity index (χ0) is 12.7. The van der Waals surface area contributed by atoms with Gasteiger partial charge in [0.15, 0.2) is 0 Å². The van der Waals surface area contributed by atoms with Gasteiger partial charge in [-0.2, -0.15) is 0 Å². The fraction of sp³-hybridized carbons (Fsp3) is 0.900. The van der Waals surface area contributed by atoms with Crippen LogP contribution < -0.4 is 0 Å². The minimum absolute atomic E-state index is 0.0731. The number of unbranched alkanes of at least 4 members (excludes halogenated alkanes) is 1. The standard InChI is InChI=1S/C10H16Br4O2/c1-2-3-4-6(11)9(13)10(14)7(12)5-8(15)16/h6-7,9-10H,2-5H2,1H3,(H,15,16). The van der Waals surface area contributed by atoms with Gasteiger partial charge in [0, 0.05) is 19.3 Å². The lowest BCUT2D eigenvalue weighted by Gasteiger charge is -2.25. The Kier molecular flexibility index (Phi) is 10.1. The van der Waals surface area contributed by atoms with E-state index in [1.165, 1.54) is 12.8 Å². The molecule has 0 bridgehead atoms. The average Bonchev–Trinajstić information content (AvgIpc) is 2.22. The van der Waals surface area contributed by atoms with Gasteiger partial charge in [-0.05, 0) is 6.42 Å². The predicted octanol–water partition coefficient (Wildman–Crippen LogP) is 4.71. The van der Waals surface area contributed by atoms with Crippen LogP contribution in [0.5, 0.6) is 0 Å². The highest BCUT2D eigenvalue weighted by atomic mass is 79.9. The molecular formula is C10H16Br4O2. The minimum Gasteiger partial charge on any atom is -0.481 e. The first kappa shape index (κ1) is 17.4. The Morgan fingerprint density at radius 1 is 1.12 bits per heavy atom. The lowest BCUT2D eigenvalue weighted by Crippen LogP contribution is -2.32. The molecule has 0 saturated heterocycles. The van der Waals surface area contributed by atoms with E-state index in [2.05, 4.69) is 70.6 Å². The van der Waals surface area contributed by atoms with Crippen LogP contribution in [0.25, 0.3) is 0 Å². The molecule has 0 aromatic carbocycles. The predicted molar refractivity (Wildman–Crippen MR) is 82.6 cm³/mol. The van der Waals surface area contributed by atoms with E-state index in [0.29, 0.717) is 4.83 Å².